The maximum absolute atomic E-state index is 13.3. The van der Waals surface area contributed by atoms with E-state index in [4.69, 9.17) is 14.2 Å². The number of nitrogens with one attached hydrogen (secondary N) is 1. The molecule has 238 valence electrons. The number of nitrogens with zero attached hydrogens (tertiary/aromatic N) is 4. The van der Waals surface area contributed by atoms with Gasteiger partial charge in [0.25, 0.3) is 5.91 Å². The molecule has 13 heteroatoms. The summed E-state index contributed by atoms with van der Waals surface area (Å²) in [5, 5.41) is 20.9. The Morgan fingerprint density at radius 1 is 1.02 bits per heavy atom. The molecule has 12 nitrogen and oxygen atoms in total. The maximum Gasteiger partial charge on any atom is 0.408 e. The number of benzene rings is 3. The van der Waals surface area contributed by atoms with Crippen molar-refractivity contribution in [2.45, 2.75) is 55.8 Å². The van der Waals surface area contributed by atoms with E-state index in [1.807, 2.05) is 72.3 Å². The van der Waals surface area contributed by atoms with Gasteiger partial charge in [-0.2, -0.15) is 0 Å². The molecule has 3 amide bonds. The molecule has 0 saturated carbocycles. The summed E-state index contributed by atoms with van der Waals surface area (Å²) in [6.45, 7) is -0.0141. The zero-order valence-electron chi connectivity index (χ0n) is 25.0. The van der Waals surface area contributed by atoms with E-state index in [0.29, 0.717) is 23.4 Å². The van der Waals surface area contributed by atoms with Gasteiger partial charge < -0.3 is 29.2 Å². The average Bonchev–Trinajstić information content (AvgIpc) is 3.63. The molecule has 2 saturated heterocycles. The second kappa shape index (κ2) is 14.3. The van der Waals surface area contributed by atoms with Gasteiger partial charge in [0.1, 0.15) is 19.0 Å². The zero-order chi connectivity index (χ0) is 32.0. The highest BCUT2D eigenvalue weighted by Crippen LogP contribution is 2.40. The first-order chi connectivity index (χ1) is 22.4. The summed E-state index contributed by atoms with van der Waals surface area (Å²) in [6.07, 6.45) is -0.0811. The maximum atomic E-state index is 13.3. The van der Waals surface area contributed by atoms with Crippen LogP contribution in [0.1, 0.15) is 47.5 Å². The summed E-state index contributed by atoms with van der Waals surface area (Å²) in [6, 6.07) is 22.6. The second-order valence-electron chi connectivity index (χ2n) is 11.0. The summed E-state index contributed by atoms with van der Waals surface area (Å²) in [4.78, 5) is 39.8. The number of carbonyl (C=O) groups excluding carboxylic acids is 3. The topological polar surface area (TPSA) is 145 Å². The van der Waals surface area contributed by atoms with E-state index in [-0.39, 0.29) is 31.8 Å². The number of hydrogen-bond acceptors (Lipinski definition) is 10. The fourth-order valence-corrected chi connectivity index (χ4v) is 6.23. The number of aryl methyl sites for hydroxylation is 1. The molecule has 46 heavy (non-hydrogen) atoms. The molecule has 4 aromatic rings. The number of rotatable bonds is 10. The summed E-state index contributed by atoms with van der Waals surface area (Å²) in [7, 11) is 1.88. The normalized spacial score (nSPS) is 21.4. The third-order valence-electron chi connectivity index (χ3n) is 7.74. The van der Waals surface area contributed by atoms with Gasteiger partial charge in [0, 0.05) is 24.8 Å². The van der Waals surface area contributed by atoms with Crippen molar-refractivity contribution in [3.8, 4) is 0 Å². The SMILES string of the molecule is Cn1cnnc1SC[C@H]1C[C@@H](c2ccc(CO)cc2)O[C@@H](c2cccc(N3C(=O)CC(NC(=O)OCc4ccccc4)C3=O)c2)O1. The Balaban J connectivity index is 1.16. The lowest BCUT2D eigenvalue weighted by atomic mass is 10.0. The molecule has 2 N–H and O–H groups in total. The third kappa shape index (κ3) is 7.29. The predicted molar refractivity (Wildman–Crippen MR) is 167 cm³/mol. The van der Waals surface area contributed by atoms with Crippen LogP contribution in [0.5, 0.6) is 0 Å². The van der Waals surface area contributed by atoms with E-state index in [2.05, 4.69) is 15.5 Å². The molecular formula is C33H33N5O7S. The molecule has 4 atom stereocenters. The van der Waals surface area contributed by atoms with Crippen molar-refractivity contribution in [2.24, 2.45) is 7.05 Å². The van der Waals surface area contributed by atoms with Gasteiger partial charge in [-0.3, -0.25) is 9.59 Å². The standard InChI is InChI=1S/C33H33N5O7S/c1-37-20-34-36-32(37)46-19-26-15-28(23-12-10-21(17-39)11-13-23)45-31(44-26)24-8-5-9-25(14-24)38-29(40)16-27(30(38)41)35-33(42)43-18-22-6-3-2-4-7-22/h2-14,20,26-28,31,39H,15-19H2,1H3,(H,35,42)/t26-,27?,28+,31+/m1/s1. The molecular weight excluding hydrogens is 610 g/mol. The first-order valence-corrected chi connectivity index (χ1v) is 15.8. The van der Waals surface area contributed by atoms with E-state index < -0.39 is 30.2 Å². The van der Waals surface area contributed by atoms with Crippen LogP contribution in [-0.4, -0.2) is 55.7 Å². The van der Waals surface area contributed by atoms with Gasteiger partial charge in [0.2, 0.25) is 5.91 Å². The van der Waals surface area contributed by atoms with Gasteiger partial charge in [-0.05, 0) is 28.8 Å². The van der Waals surface area contributed by atoms with Crippen LogP contribution in [0.3, 0.4) is 0 Å². The minimum atomic E-state index is -1.05. The highest BCUT2D eigenvalue weighted by molar-refractivity contribution is 7.99. The number of alkyl carbamates (subject to hydrolysis) is 1. The van der Waals surface area contributed by atoms with Crippen LogP contribution >= 0.6 is 11.8 Å². The molecule has 6 rings (SSSR count). The zero-order valence-corrected chi connectivity index (χ0v) is 25.8. The molecule has 2 aliphatic heterocycles. The molecule has 1 unspecified atom stereocenters. The first-order valence-electron chi connectivity index (χ1n) is 14.8. The summed E-state index contributed by atoms with van der Waals surface area (Å²) >= 11 is 1.53. The summed E-state index contributed by atoms with van der Waals surface area (Å²) < 4.78 is 19.9. The van der Waals surface area contributed by atoms with Gasteiger partial charge in [-0.15, -0.1) is 10.2 Å². The average molecular weight is 644 g/mol. The minimum absolute atomic E-state index is 0.0410. The van der Waals surface area contributed by atoms with Crippen molar-refractivity contribution in [3.63, 3.8) is 0 Å². The van der Waals surface area contributed by atoms with Crippen molar-refractivity contribution in [3.05, 3.63) is 107 Å². The Morgan fingerprint density at radius 2 is 1.83 bits per heavy atom. The number of ether oxygens (including phenoxy) is 3. The fourth-order valence-electron chi connectivity index (χ4n) is 5.33. The monoisotopic (exact) mass is 643 g/mol. The smallest absolute Gasteiger partial charge is 0.408 e. The van der Waals surface area contributed by atoms with Crippen molar-refractivity contribution >= 4 is 35.4 Å². The Hall–Kier alpha value is -4.56. The van der Waals surface area contributed by atoms with Gasteiger partial charge in [-0.1, -0.05) is 78.5 Å². The lowest BCUT2D eigenvalue weighted by Crippen LogP contribution is -2.42. The Bertz CT molecular complexity index is 1680. The largest absolute Gasteiger partial charge is 0.445 e. The first kappa shape index (κ1) is 31.4. The predicted octanol–water partition coefficient (Wildman–Crippen LogP) is 4.20. The Morgan fingerprint density at radius 3 is 2.57 bits per heavy atom. The molecule has 3 heterocycles. The summed E-state index contributed by atoms with van der Waals surface area (Å²) in [5.41, 5.74) is 3.51. The molecule has 2 aliphatic rings. The van der Waals surface area contributed by atoms with Gasteiger partial charge >= 0.3 is 6.09 Å². The number of hydrogen-bond donors (Lipinski definition) is 2. The lowest BCUT2D eigenvalue weighted by molar-refractivity contribution is -0.245. The molecule has 0 aliphatic carbocycles. The van der Waals surface area contributed by atoms with E-state index in [1.54, 1.807) is 24.5 Å². The Labute approximate surface area is 269 Å². The molecule has 0 bridgehead atoms. The van der Waals surface area contributed by atoms with Crippen LogP contribution in [0.4, 0.5) is 10.5 Å². The van der Waals surface area contributed by atoms with Crippen molar-refractivity contribution in [2.75, 3.05) is 10.7 Å². The van der Waals surface area contributed by atoms with Gasteiger partial charge in [0.05, 0.1) is 30.9 Å². The fraction of sp³-hybridized carbons (Fsp3) is 0.303. The number of amides is 3. The van der Waals surface area contributed by atoms with E-state index >= 15 is 0 Å². The molecule has 3 aromatic carbocycles. The highest BCUT2D eigenvalue weighted by Gasteiger charge is 2.41. The second-order valence-corrected chi connectivity index (χ2v) is 12.0. The van der Waals surface area contributed by atoms with E-state index in [1.165, 1.54) is 11.8 Å². The van der Waals surface area contributed by atoms with Crippen molar-refractivity contribution in [1.29, 1.82) is 0 Å². The number of imide groups is 1. The van der Waals surface area contributed by atoms with Crippen molar-refractivity contribution < 1.29 is 33.7 Å². The highest BCUT2D eigenvalue weighted by atomic mass is 32.2. The van der Waals surface area contributed by atoms with Crippen LogP contribution in [0.25, 0.3) is 0 Å². The van der Waals surface area contributed by atoms with Crippen LogP contribution < -0.4 is 10.2 Å². The van der Waals surface area contributed by atoms with Crippen LogP contribution in [0.15, 0.2) is 90.3 Å². The number of aliphatic hydroxyl groups excluding tert-OH is 1. The third-order valence-corrected chi connectivity index (χ3v) is 8.90. The number of carbonyl (C=O) groups is 3. The van der Waals surface area contributed by atoms with E-state index in [9.17, 15) is 19.5 Å². The number of thioether (sulfide) groups is 1. The minimum Gasteiger partial charge on any atom is -0.445 e. The Kier molecular flexibility index (Phi) is 9.73. The van der Waals surface area contributed by atoms with Crippen LogP contribution in [0, 0.1) is 0 Å². The van der Waals surface area contributed by atoms with E-state index in [0.717, 1.165) is 26.7 Å². The molecule has 0 spiro atoms. The summed E-state index contributed by atoms with van der Waals surface area (Å²) in [5.74, 6) is -0.404. The van der Waals surface area contributed by atoms with Gasteiger partial charge in [0.15, 0.2) is 11.4 Å². The molecule has 2 fully saturated rings. The molecule has 0 radical (unpaired) electrons. The number of aromatic nitrogens is 3. The number of aliphatic hydroxyl groups is 1. The quantitative estimate of drug-likeness (QED) is 0.191. The number of anilines is 1. The van der Waals surface area contributed by atoms with Crippen molar-refractivity contribution in [1.82, 2.24) is 20.1 Å². The van der Waals surface area contributed by atoms with Crippen LogP contribution in [0.2, 0.25) is 0 Å². The van der Waals surface area contributed by atoms with Crippen LogP contribution in [-0.2, 0) is 44.1 Å². The van der Waals surface area contributed by atoms with Gasteiger partial charge in [-0.25, -0.2) is 9.69 Å². The lowest BCUT2D eigenvalue weighted by Gasteiger charge is -2.36. The molecule has 1 aromatic heterocycles.